The zero-order valence-corrected chi connectivity index (χ0v) is 17.5. The lowest BCUT2D eigenvalue weighted by molar-refractivity contribution is -0.147. The van der Waals surface area contributed by atoms with Crippen molar-refractivity contribution < 1.29 is 32.2 Å². The summed E-state index contributed by atoms with van der Waals surface area (Å²) >= 11 is 0. The van der Waals surface area contributed by atoms with Crippen molar-refractivity contribution in [2.45, 2.75) is 32.5 Å². The quantitative estimate of drug-likeness (QED) is 0.619. The van der Waals surface area contributed by atoms with Crippen molar-refractivity contribution >= 4 is 11.5 Å². The number of aliphatic carboxylic acids is 1. The molecule has 2 aliphatic rings. The van der Waals surface area contributed by atoms with E-state index in [1.165, 1.54) is 5.57 Å². The lowest BCUT2D eigenvalue weighted by Crippen LogP contribution is -2.50. The van der Waals surface area contributed by atoms with Crippen LogP contribution in [-0.2, 0) is 24.0 Å². The number of alkyl halides is 3. The van der Waals surface area contributed by atoms with Gasteiger partial charge in [0, 0.05) is 25.2 Å². The molecule has 0 unspecified atom stereocenters. The first-order valence-corrected chi connectivity index (χ1v) is 10.4. The Balaban J connectivity index is 1.45. The molecule has 1 aliphatic heterocycles. The van der Waals surface area contributed by atoms with E-state index in [0.29, 0.717) is 24.9 Å². The maximum absolute atomic E-state index is 13.3. The summed E-state index contributed by atoms with van der Waals surface area (Å²) in [5.41, 5.74) is 3.41. The van der Waals surface area contributed by atoms with E-state index in [1.807, 2.05) is 19.1 Å². The summed E-state index contributed by atoms with van der Waals surface area (Å²) in [7, 11) is 0. The van der Waals surface area contributed by atoms with Gasteiger partial charge in [-0.2, -0.15) is 13.2 Å². The van der Waals surface area contributed by atoms with Gasteiger partial charge in [0.05, 0.1) is 11.5 Å². The molecule has 1 fully saturated rings. The zero-order valence-electron chi connectivity index (χ0n) is 17.5. The molecule has 1 saturated heterocycles. The van der Waals surface area contributed by atoms with Gasteiger partial charge in [-0.05, 0) is 60.7 Å². The number of carboxylic acids is 1. The van der Waals surface area contributed by atoms with Gasteiger partial charge in [-0.15, -0.1) is 0 Å². The molecule has 1 heterocycles. The van der Waals surface area contributed by atoms with Gasteiger partial charge in [-0.1, -0.05) is 17.7 Å². The Hall–Kier alpha value is -2.87. The van der Waals surface area contributed by atoms with Gasteiger partial charge in [-0.3, -0.25) is 9.69 Å². The van der Waals surface area contributed by atoms with Crippen molar-refractivity contribution in [3.63, 3.8) is 0 Å². The monoisotopic (exact) mass is 449 g/mol. The SMILES string of the molecule is CC1=C(CN2CC(C(=O)O)C2)CCc2cc(OCc3ccc(F)cc3C(F)(F)F)ccc21. The lowest BCUT2D eigenvalue weighted by Gasteiger charge is -2.38. The molecule has 0 spiro atoms. The molecule has 0 aromatic heterocycles. The fourth-order valence-electron chi connectivity index (χ4n) is 4.32. The molecule has 0 bridgehead atoms. The van der Waals surface area contributed by atoms with Crippen molar-refractivity contribution in [1.29, 1.82) is 0 Å². The lowest BCUT2D eigenvalue weighted by atomic mass is 9.85. The zero-order chi connectivity index (χ0) is 23.0. The first-order valence-electron chi connectivity index (χ1n) is 10.4. The number of benzene rings is 2. The minimum Gasteiger partial charge on any atom is -0.489 e. The van der Waals surface area contributed by atoms with Crippen LogP contribution in [-0.4, -0.2) is 35.6 Å². The van der Waals surface area contributed by atoms with Crippen molar-refractivity contribution in [2.75, 3.05) is 19.6 Å². The molecule has 2 aromatic carbocycles. The first kappa shape index (κ1) is 22.3. The first-order chi connectivity index (χ1) is 15.1. The summed E-state index contributed by atoms with van der Waals surface area (Å²) in [4.78, 5) is 13.1. The summed E-state index contributed by atoms with van der Waals surface area (Å²) in [6, 6.07) is 8.05. The second-order valence-corrected chi connectivity index (χ2v) is 8.36. The van der Waals surface area contributed by atoms with Crippen LogP contribution >= 0.6 is 0 Å². The van der Waals surface area contributed by atoms with E-state index in [-0.39, 0.29) is 18.1 Å². The van der Waals surface area contributed by atoms with Crippen LogP contribution in [0, 0.1) is 11.7 Å². The largest absolute Gasteiger partial charge is 0.489 e. The molecule has 1 aliphatic carbocycles. The molecule has 8 heteroatoms. The number of likely N-dealkylation sites (tertiary alicyclic amines) is 1. The Labute approximate surface area is 183 Å². The maximum atomic E-state index is 13.3. The van der Waals surface area contributed by atoms with Gasteiger partial charge >= 0.3 is 12.1 Å². The number of carboxylic acid groups (broad SMARTS) is 1. The highest BCUT2D eigenvalue weighted by Crippen LogP contribution is 2.36. The van der Waals surface area contributed by atoms with Gasteiger partial charge in [0.1, 0.15) is 18.2 Å². The number of halogens is 4. The highest BCUT2D eigenvalue weighted by Gasteiger charge is 2.34. The third-order valence-corrected chi connectivity index (χ3v) is 6.20. The van der Waals surface area contributed by atoms with Crippen molar-refractivity contribution in [3.8, 4) is 5.75 Å². The minimum atomic E-state index is -4.66. The molecule has 0 saturated carbocycles. The number of aryl methyl sites for hydroxylation is 1. The van der Waals surface area contributed by atoms with E-state index >= 15 is 0 Å². The van der Waals surface area contributed by atoms with E-state index in [9.17, 15) is 22.4 Å². The Morgan fingerprint density at radius 2 is 1.91 bits per heavy atom. The Bertz CT molecular complexity index is 1070. The predicted molar refractivity (Wildman–Crippen MR) is 111 cm³/mol. The Kier molecular flexibility index (Phi) is 5.99. The average Bonchev–Trinajstić information content (AvgIpc) is 2.69. The van der Waals surface area contributed by atoms with Gasteiger partial charge in [-0.25, -0.2) is 4.39 Å². The molecule has 0 atom stereocenters. The summed E-state index contributed by atoms with van der Waals surface area (Å²) in [6.07, 6.45) is -3.04. The summed E-state index contributed by atoms with van der Waals surface area (Å²) in [6.45, 7) is 3.60. The third kappa shape index (κ3) is 4.65. The third-order valence-electron chi connectivity index (χ3n) is 6.20. The Morgan fingerprint density at radius 1 is 1.16 bits per heavy atom. The summed E-state index contributed by atoms with van der Waals surface area (Å²) in [5, 5.41) is 9.03. The number of rotatable bonds is 6. The van der Waals surface area contributed by atoms with E-state index < -0.39 is 23.5 Å². The summed E-state index contributed by atoms with van der Waals surface area (Å²) < 4.78 is 58.4. The van der Waals surface area contributed by atoms with E-state index in [1.54, 1.807) is 6.07 Å². The van der Waals surface area contributed by atoms with Gasteiger partial charge in [0.25, 0.3) is 0 Å². The van der Waals surface area contributed by atoms with Crippen LogP contribution in [0.3, 0.4) is 0 Å². The minimum absolute atomic E-state index is 0.121. The number of carbonyl (C=O) groups is 1. The molecule has 2 aromatic rings. The van der Waals surface area contributed by atoms with Gasteiger partial charge in [0.2, 0.25) is 0 Å². The van der Waals surface area contributed by atoms with Gasteiger partial charge < -0.3 is 9.84 Å². The summed E-state index contributed by atoms with van der Waals surface area (Å²) in [5.74, 6) is -1.52. The number of fused-ring (bicyclic) bond motifs is 1. The fraction of sp³-hybridized carbons (Fsp3) is 0.375. The fourth-order valence-corrected chi connectivity index (χ4v) is 4.32. The number of allylic oxidation sites excluding steroid dienone is 1. The van der Waals surface area contributed by atoms with Crippen LogP contribution in [0.4, 0.5) is 17.6 Å². The number of ether oxygens (including phenoxy) is 1. The van der Waals surface area contributed by atoms with Crippen LogP contribution in [0.15, 0.2) is 42.0 Å². The molecular weight excluding hydrogens is 426 g/mol. The molecule has 0 amide bonds. The van der Waals surface area contributed by atoms with Crippen molar-refractivity contribution in [3.05, 3.63) is 70.0 Å². The van der Waals surface area contributed by atoms with E-state index in [2.05, 4.69) is 4.90 Å². The second kappa shape index (κ2) is 8.58. The van der Waals surface area contributed by atoms with Crippen LogP contribution < -0.4 is 4.74 Å². The highest BCUT2D eigenvalue weighted by molar-refractivity contribution is 5.73. The van der Waals surface area contributed by atoms with Crippen LogP contribution in [0.2, 0.25) is 0 Å². The standard InChI is InChI=1S/C24H23F4NO3/c1-14-16(10-29-11-18(12-29)23(30)31)3-2-15-8-20(6-7-21(14)15)32-13-17-4-5-19(25)9-22(17)24(26,27)28/h4-9,18H,2-3,10-13H2,1H3,(H,30,31). The van der Waals surface area contributed by atoms with Crippen LogP contribution in [0.1, 0.15) is 35.6 Å². The second-order valence-electron chi connectivity index (χ2n) is 8.36. The van der Waals surface area contributed by atoms with Crippen LogP contribution in [0.25, 0.3) is 5.57 Å². The molecule has 4 rings (SSSR count). The predicted octanol–water partition coefficient (Wildman–Crippen LogP) is 5.16. The maximum Gasteiger partial charge on any atom is 0.416 e. The topological polar surface area (TPSA) is 49.8 Å². The number of hydrogen-bond donors (Lipinski definition) is 1. The normalized spacial score (nSPS) is 17.2. The van der Waals surface area contributed by atoms with E-state index in [4.69, 9.17) is 9.84 Å². The average molecular weight is 449 g/mol. The smallest absolute Gasteiger partial charge is 0.416 e. The molecule has 32 heavy (non-hydrogen) atoms. The Morgan fingerprint density at radius 3 is 2.59 bits per heavy atom. The molecular formula is C24H23F4NO3. The molecule has 4 nitrogen and oxygen atoms in total. The number of hydrogen-bond acceptors (Lipinski definition) is 3. The van der Waals surface area contributed by atoms with Gasteiger partial charge in [0.15, 0.2) is 0 Å². The number of nitrogens with zero attached hydrogens (tertiary/aromatic N) is 1. The van der Waals surface area contributed by atoms with Crippen LogP contribution in [0.5, 0.6) is 5.75 Å². The highest BCUT2D eigenvalue weighted by atomic mass is 19.4. The molecule has 170 valence electrons. The molecule has 1 N–H and O–H groups in total. The van der Waals surface area contributed by atoms with E-state index in [0.717, 1.165) is 48.2 Å². The van der Waals surface area contributed by atoms with Crippen molar-refractivity contribution in [1.82, 2.24) is 4.90 Å². The molecule has 0 radical (unpaired) electrons. The van der Waals surface area contributed by atoms with Crippen molar-refractivity contribution in [2.24, 2.45) is 5.92 Å².